The normalized spacial score (nSPS) is 11.1. The molecule has 0 aromatic heterocycles. The third-order valence-corrected chi connectivity index (χ3v) is 3.98. The van der Waals surface area contributed by atoms with Crippen LogP contribution in [0.4, 0.5) is 11.4 Å². The van der Waals surface area contributed by atoms with Crippen LogP contribution < -0.4 is 0 Å². The smallest absolute Gasteiger partial charge is 0.270 e. The van der Waals surface area contributed by atoms with E-state index >= 15 is 0 Å². The van der Waals surface area contributed by atoms with Crippen molar-refractivity contribution in [1.82, 2.24) is 10.0 Å². The van der Waals surface area contributed by atoms with Gasteiger partial charge in [0.1, 0.15) is 11.5 Å². The van der Waals surface area contributed by atoms with E-state index in [0.717, 1.165) is 0 Å². The van der Waals surface area contributed by atoms with E-state index < -0.39 is 9.85 Å². The van der Waals surface area contributed by atoms with Gasteiger partial charge in [-0.3, -0.25) is 30.2 Å². The van der Waals surface area contributed by atoms with Gasteiger partial charge in [-0.05, 0) is 12.1 Å². The minimum Gasteiger partial charge on any atom is -0.507 e. The van der Waals surface area contributed by atoms with Crippen molar-refractivity contribution in [2.75, 3.05) is 27.2 Å². The number of hydrogen-bond acceptors (Lipinski definition) is 10. The Hall–Kier alpha value is -4.22. The van der Waals surface area contributed by atoms with Gasteiger partial charge in [0.05, 0.1) is 35.4 Å². The molecule has 0 saturated carbocycles. The zero-order chi connectivity index (χ0) is 22.3. The summed E-state index contributed by atoms with van der Waals surface area (Å²) in [6.45, 7) is 0.835. The van der Waals surface area contributed by atoms with Gasteiger partial charge in [0.15, 0.2) is 0 Å². The molecule has 2 aromatic carbocycles. The lowest BCUT2D eigenvalue weighted by atomic mass is 10.2. The van der Waals surface area contributed by atoms with E-state index in [1.54, 1.807) is 24.1 Å². The molecular weight excluding hydrogens is 396 g/mol. The molecule has 0 saturated heterocycles. The Morgan fingerprint density at radius 1 is 0.833 bits per heavy atom. The van der Waals surface area contributed by atoms with Gasteiger partial charge < -0.3 is 10.2 Å². The first kappa shape index (κ1) is 22.1. The van der Waals surface area contributed by atoms with Crippen molar-refractivity contribution in [2.45, 2.75) is 0 Å². The summed E-state index contributed by atoms with van der Waals surface area (Å²) in [5.74, 6) is -0.257. The molecule has 0 aliphatic heterocycles. The number of nitrogens with zero attached hydrogens (tertiary/aromatic N) is 6. The molecule has 0 aliphatic rings. The predicted octanol–water partition coefficient (Wildman–Crippen LogP) is 2.15. The Balaban J connectivity index is 1.94. The summed E-state index contributed by atoms with van der Waals surface area (Å²) in [4.78, 5) is 20.5. The molecule has 2 aromatic rings. The summed E-state index contributed by atoms with van der Waals surface area (Å²) < 4.78 is 0. The quantitative estimate of drug-likeness (QED) is 0.357. The van der Waals surface area contributed by atoms with Crippen LogP contribution in [-0.4, -0.2) is 69.7 Å². The van der Waals surface area contributed by atoms with E-state index in [1.807, 2.05) is 0 Å². The zero-order valence-corrected chi connectivity index (χ0v) is 16.2. The summed E-state index contributed by atoms with van der Waals surface area (Å²) in [5, 5.41) is 52.5. The third kappa shape index (κ3) is 6.15. The first-order valence-electron chi connectivity index (χ1n) is 8.62. The average Bonchev–Trinajstić information content (AvgIpc) is 2.70. The fraction of sp³-hybridized carbons (Fsp3) is 0.222. The van der Waals surface area contributed by atoms with Crippen molar-refractivity contribution in [3.63, 3.8) is 0 Å². The Morgan fingerprint density at radius 3 is 1.53 bits per heavy atom. The lowest BCUT2D eigenvalue weighted by molar-refractivity contribution is -0.385. The first-order chi connectivity index (χ1) is 14.2. The number of benzene rings is 2. The van der Waals surface area contributed by atoms with Gasteiger partial charge in [-0.2, -0.15) is 10.2 Å². The van der Waals surface area contributed by atoms with Crippen molar-refractivity contribution in [3.05, 3.63) is 67.8 Å². The van der Waals surface area contributed by atoms with Crippen molar-refractivity contribution < 1.29 is 20.1 Å². The summed E-state index contributed by atoms with van der Waals surface area (Å²) in [6, 6.07) is 7.28. The van der Waals surface area contributed by atoms with Crippen LogP contribution in [0.2, 0.25) is 0 Å². The van der Waals surface area contributed by atoms with E-state index in [-0.39, 0.29) is 34.0 Å². The molecule has 0 aliphatic carbocycles. The third-order valence-electron chi connectivity index (χ3n) is 3.98. The van der Waals surface area contributed by atoms with Crippen LogP contribution in [0.15, 0.2) is 46.6 Å². The highest BCUT2D eigenvalue weighted by atomic mass is 16.6. The maximum absolute atomic E-state index is 10.8. The molecule has 0 radical (unpaired) electrons. The van der Waals surface area contributed by atoms with Crippen LogP contribution in [0, 0.1) is 20.2 Å². The van der Waals surface area contributed by atoms with Gasteiger partial charge in [-0.25, -0.2) is 0 Å². The second kappa shape index (κ2) is 9.82. The van der Waals surface area contributed by atoms with E-state index in [2.05, 4.69) is 10.2 Å². The largest absolute Gasteiger partial charge is 0.507 e. The van der Waals surface area contributed by atoms with Crippen molar-refractivity contribution in [1.29, 1.82) is 0 Å². The molecule has 30 heavy (non-hydrogen) atoms. The second-order valence-electron chi connectivity index (χ2n) is 6.25. The number of hydrogen-bond donors (Lipinski definition) is 2. The summed E-state index contributed by atoms with van der Waals surface area (Å²) in [5.41, 5.74) is 0.109. The van der Waals surface area contributed by atoms with Gasteiger partial charge in [-0.15, -0.1) is 0 Å². The zero-order valence-electron chi connectivity index (χ0n) is 16.2. The molecule has 0 spiro atoms. The fourth-order valence-electron chi connectivity index (χ4n) is 2.24. The first-order valence-corrected chi connectivity index (χ1v) is 8.62. The van der Waals surface area contributed by atoms with E-state index in [9.17, 15) is 30.4 Å². The van der Waals surface area contributed by atoms with Crippen LogP contribution in [0.25, 0.3) is 0 Å². The maximum Gasteiger partial charge on any atom is 0.270 e. The van der Waals surface area contributed by atoms with Crippen LogP contribution >= 0.6 is 0 Å². The molecule has 0 heterocycles. The molecule has 0 bridgehead atoms. The molecule has 158 valence electrons. The number of nitro benzene ring substituents is 2. The van der Waals surface area contributed by atoms with Crippen molar-refractivity contribution in [3.8, 4) is 11.5 Å². The number of nitro groups is 2. The van der Waals surface area contributed by atoms with Gasteiger partial charge in [-0.1, -0.05) is 0 Å². The Labute approximate surface area is 171 Å². The standard InChI is InChI=1S/C18H20N6O6/c1-21(19-11-13-9-15(23(27)28)3-5-17(13)25)7-8-22(2)20-12-14-10-16(24(29)30)4-6-18(14)26/h3-6,9-12,25-26H,7-8H2,1-2H3. The average molecular weight is 416 g/mol. The fourth-order valence-corrected chi connectivity index (χ4v) is 2.24. The van der Waals surface area contributed by atoms with E-state index in [0.29, 0.717) is 13.1 Å². The SMILES string of the molecule is CN(CCN(C)N=Cc1cc([N+](=O)[O-])ccc1O)N=Cc1cc([N+](=O)[O-])ccc1O. The minimum absolute atomic E-state index is 0.128. The molecule has 0 amide bonds. The maximum atomic E-state index is 10.8. The highest BCUT2D eigenvalue weighted by Gasteiger charge is 2.10. The van der Waals surface area contributed by atoms with Gasteiger partial charge in [0.2, 0.25) is 0 Å². The number of hydrazone groups is 2. The highest BCUT2D eigenvalue weighted by Crippen LogP contribution is 2.22. The van der Waals surface area contributed by atoms with Crippen LogP contribution in [0.1, 0.15) is 11.1 Å². The number of likely N-dealkylation sites (N-methyl/N-ethyl adjacent to an activating group) is 2. The minimum atomic E-state index is -0.563. The Bertz CT molecular complexity index is 914. The number of aromatic hydroxyl groups is 2. The van der Waals surface area contributed by atoms with E-state index in [1.165, 1.54) is 48.8 Å². The number of phenolic OH excluding ortho intramolecular Hbond substituents is 2. The van der Waals surface area contributed by atoms with Gasteiger partial charge in [0, 0.05) is 49.5 Å². The predicted molar refractivity (Wildman–Crippen MR) is 110 cm³/mol. The summed E-state index contributed by atoms with van der Waals surface area (Å²) >= 11 is 0. The van der Waals surface area contributed by atoms with Crippen LogP contribution in [0.3, 0.4) is 0 Å². The molecule has 12 nitrogen and oxygen atoms in total. The molecular formula is C18H20N6O6. The van der Waals surface area contributed by atoms with Crippen molar-refractivity contribution in [2.24, 2.45) is 10.2 Å². The van der Waals surface area contributed by atoms with E-state index in [4.69, 9.17) is 0 Å². The number of non-ortho nitro benzene ring substituents is 2. The van der Waals surface area contributed by atoms with Crippen molar-refractivity contribution >= 4 is 23.8 Å². The monoisotopic (exact) mass is 416 g/mol. The highest BCUT2D eigenvalue weighted by molar-refractivity contribution is 5.84. The molecule has 2 rings (SSSR count). The Morgan fingerprint density at radius 2 is 1.20 bits per heavy atom. The summed E-state index contributed by atoms with van der Waals surface area (Å²) in [6.07, 6.45) is 2.62. The van der Waals surface area contributed by atoms with Crippen LogP contribution in [-0.2, 0) is 0 Å². The second-order valence-corrected chi connectivity index (χ2v) is 6.25. The lowest BCUT2D eigenvalue weighted by Gasteiger charge is -2.17. The summed E-state index contributed by atoms with van der Waals surface area (Å²) in [7, 11) is 3.35. The van der Waals surface area contributed by atoms with Gasteiger partial charge >= 0.3 is 0 Å². The molecule has 2 N–H and O–H groups in total. The van der Waals surface area contributed by atoms with Gasteiger partial charge in [0.25, 0.3) is 11.4 Å². The van der Waals surface area contributed by atoms with Crippen LogP contribution in [0.5, 0.6) is 11.5 Å². The molecule has 0 fully saturated rings. The molecule has 0 unspecified atom stereocenters. The molecule has 0 atom stereocenters. The topological polar surface area (TPSA) is 158 Å². The molecule has 12 heteroatoms. The number of rotatable bonds is 9. The number of phenols is 2. The Kier molecular flexibility index (Phi) is 7.22. The lowest BCUT2D eigenvalue weighted by Crippen LogP contribution is -2.25.